The van der Waals surface area contributed by atoms with Crippen LogP contribution in [0.3, 0.4) is 0 Å². The molecule has 1 saturated carbocycles. The van der Waals surface area contributed by atoms with Gasteiger partial charge in [-0.15, -0.1) is 0 Å². The minimum atomic E-state index is 0.494. The van der Waals surface area contributed by atoms with Crippen molar-refractivity contribution in [3.05, 3.63) is 18.2 Å². The summed E-state index contributed by atoms with van der Waals surface area (Å²) in [6.07, 6.45) is 13.4. The van der Waals surface area contributed by atoms with Gasteiger partial charge in [-0.2, -0.15) is 0 Å². The largest absolute Gasteiger partial charge is 0.325 e. The quantitative estimate of drug-likeness (QED) is 0.697. The van der Waals surface area contributed by atoms with Crippen molar-refractivity contribution in [2.24, 2.45) is 0 Å². The van der Waals surface area contributed by atoms with Crippen LogP contribution in [0.2, 0.25) is 0 Å². The lowest BCUT2D eigenvalue weighted by molar-refractivity contribution is 0.111. The molecule has 0 saturated heterocycles. The maximum absolute atomic E-state index is 10.8. The SMILES string of the molecule is O=Cc1cncn1C1CCCCCCC1. The van der Waals surface area contributed by atoms with Crippen LogP contribution in [0.15, 0.2) is 12.5 Å². The summed E-state index contributed by atoms with van der Waals surface area (Å²) in [6, 6.07) is 0.494. The Kier molecular flexibility index (Phi) is 3.54. The minimum absolute atomic E-state index is 0.494. The lowest BCUT2D eigenvalue weighted by Crippen LogP contribution is -2.12. The van der Waals surface area contributed by atoms with E-state index in [1.807, 2.05) is 0 Å². The molecule has 0 N–H and O–H groups in total. The van der Waals surface area contributed by atoms with Gasteiger partial charge < -0.3 is 4.57 Å². The van der Waals surface area contributed by atoms with E-state index in [0.29, 0.717) is 6.04 Å². The van der Waals surface area contributed by atoms with E-state index in [1.54, 1.807) is 12.5 Å². The summed E-state index contributed by atoms with van der Waals surface area (Å²) in [6.45, 7) is 0. The van der Waals surface area contributed by atoms with Crippen molar-refractivity contribution in [3.8, 4) is 0 Å². The Morgan fingerprint density at radius 2 is 1.87 bits per heavy atom. The van der Waals surface area contributed by atoms with Crippen molar-refractivity contribution in [2.45, 2.75) is 51.0 Å². The third kappa shape index (κ3) is 2.46. The smallest absolute Gasteiger partial charge is 0.168 e. The number of hydrogen-bond acceptors (Lipinski definition) is 2. The summed E-state index contributed by atoms with van der Waals surface area (Å²) in [5.41, 5.74) is 0.723. The Morgan fingerprint density at radius 3 is 2.53 bits per heavy atom. The molecule has 3 nitrogen and oxygen atoms in total. The van der Waals surface area contributed by atoms with Crippen LogP contribution in [0, 0.1) is 0 Å². The molecule has 0 aromatic carbocycles. The molecule has 15 heavy (non-hydrogen) atoms. The van der Waals surface area contributed by atoms with Crippen LogP contribution < -0.4 is 0 Å². The number of rotatable bonds is 2. The van der Waals surface area contributed by atoms with E-state index in [2.05, 4.69) is 9.55 Å². The standard InChI is InChI=1S/C12H18N2O/c15-9-12-8-13-10-14(12)11-6-4-2-1-3-5-7-11/h8-11H,1-7H2. The zero-order valence-electron chi connectivity index (χ0n) is 9.06. The molecule has 0 amide bonds. The highest BCUT2D eigenvalue weighted by Crippen LogP contribution is 2.26. The van der Waals surface area contributed by atoms with Crippen molar-refractivity contribution in [1.82, 2.24) is 9.55 Å². The molecule has 82 valence electrons. The molecule has 2 rings (SSSR count). The molecule has 1 aromatic rings. The number of carbonyl (C=O) groups excluding carboxylic acids is 1. The maximum Gasteiger partial charge on any atom is 0.168 e. The van der Waals surface area contributed by atoms with Crippen molar-refractivity contribution in [3.63, 3.8) is 0 Å². The van der Waals surface area contributed by atoms with Gasteiger partial charge in [-0.3, -0.25) is 4.79 Å². The lowest BCUT2D eigenvalue weighted by Gasteiger charge is -2.21. The average molecular weight is 206 g/mol. The molecule has 1 aliphatic rings. The molecule has 1 fully saturated rings. The Bertz CT molecular complexity index is 311. The first-order valence-electron chi connectivity index (χ1n) is 5.89. The van der Waals surface area contributed by atoms with E-state index in [-0.39, 0.29) is 0 Å². The maximum atomic E-state index is 10.8. The van der Waals surface area contributed by atoms with E-state index < -0.39 is 0 Å². The normalized spacial score (nSPS) is 19.5. The van der Waals surface area contributed by atoms with Gasteiger partial charge in [-0.25, -0.2) is 4.98 Å². The van der Waals surface area contributed by atoms with Gasteiger partial charge >= 0.3 is 0 Å². The fourth-order valence-electron chi connectivity index (χ4n) is 2.42. The summed E-state index contributed by atoms with van der Waals surface area (Å²) >= 11 is 0. The van der Waals surface area contributed by atoms with Gasteiger partial charge in [0, 0.05) is 6.04 Å². The molecule has 1 aromatic heterocycles. The van der Waals surface area contributed by atoms with Gasteiger partial charge in [0.1, 0.15) is 5.69 Å². The number of aldehydes is 1. The van der Waals surface area contributed by atoms with Gasteiger partial charge in [0.2, 0.25) is 0 Å². The molecular weight excluding hydrogens is 188 g/mol. The minimum Gasteiger partial charge on any atom is -0.325 e. The van der Waals surface area contributed by atoms with Crippen molar-refractivity contribution in [2.75, 3.05) is 0 Å². The fraction of sp³-hybridized carbons (Fsp3) is 0.667. The summed E-state index contributed by atoms with van der Waals surface area (Å²) in [5.74, 6) is 0. The van der Waals surface area contributed by atoms with Crippen molar-refractivity contribution >= 4 is 6.29 Å². The Hall–Kier alpha value is -1.12. The molecule has 0 bridgehead atoms. The second kappa shape index (κ2) is 5.10. The number of nitrogens with zero attached hydrogens (tertiary/aromatic N) is 2. The van der Waals surface area contributed by atoms with E-state index in [0.717, 1.165) is 12.0 Å². The molecule has 0 radical (unpaired) electrons. The molecule has 0 unspecified atom stereocenters. The predicted molar refractivity (Wildman–Crippen MR) is 59.0 cm³/mol. The third-order valence-corrected chi connectivity index (χ3v) is 3.28. The van der Waals surface area contributed by atoms with E-state index >= 15 is 0 Å². The van der Waals surface area contributed by atoms with Crippen LogP contribution in [0.25, 0.3) is 0 Å². The van der Waals surface area contributed by atoms with Crippen LogP contribution in [0.1, 0.15) is 61.5 Å². The monoisotopic (exact) mass is 206 g/mol. The van der Waals surface area contributed by atoms with Gasteiger partial charge in [0.25, 0.3) is 0 Å². The van der Waals surface area contributed by atoms with Gasteiger partial charge in [-0.1, -0.05) is 32.1 Å². The highest BCUT2D eigenvalue weighted by Gasteiger charge is 2.15. The predicted octanol–water partition coefficient (Wildman–Crippen LogP) is 2.98. The zero-order chi connectivity index (χ0) is 10.5. The van der Waals surface area contributed by atoms with Crippen LogP contribution in [-0.4, -0.2) is 15.8 Å². The number of aromatic nitrogens is 2. The highest BCUT2D eigenvalue weighted by atomic mass is 16.1. The topological polar surface area (TPSA) is 34.9 Å². The Labute approximate surface area is 90.5 Å². The summed E-state index contributed by atoms with van der Waals surface area (Å²) < 4.78 is 2.05. The average Bonchev–Trinajstić information content (AvgIpc) is 2.65. The Morgan fingerprint density at radius 1 is 1.20 bits per heavy atom. The number of imidazole rings is 1. The van der Waals surface area contributed by atoms with Gasteiger partial charge in [-0.05, 0) is 12.8 Å². The van der Waals surface area contributed by atoms with Crippen LogP contribution in [0.5, 0.6) is 0 Å². The van der Waals surface area contributed by atoms with Crippen molar-refractivity contribution < 1.29 is 4.79 Å². The van der Waals surface area contributed by atoms with Crippen LogP contribution in [0.4, 0.5) is 0 Å². The van der Waals surface area contributed by atoms with E-state index in [9.17, 15) is 4.79 Å². The van der Waals surface area contributed by atoms with Gasteiger partial charge in [0.15, 0.2) is 6.29 Å². The summed E-state index contributed by atoms with van der Waals surface area (Å²) in [4.78, 5) is 14.9. The summed E-state index contributed by atoms with van der Waals surface area (Å²) in [5, 5.41) is 0. The van der Waals surface area contributed by atoms with E-state index in [1.165, 1.54) is 44.9 Å². The summed E-state index contributed by atoms with van der Waals surface area (Å²) in [7, 11) is 0. The first-order valence-corrected chi connectivity index (χ1v) is 5.89. The highest BCUT2D eigenvalue weighted by molar-refractivity contribution is 5.71. The lowest BCUT2D eigenvalue weighted by atomic mass is 9.96. The molecule has 0 aliphatic heterocycles. The van der Waals surface area contributed by atoms with Crippen LogP contribution in [-0.2, 0) is 0 Å². The first kappa shape index (κ1) is 10.4. The first-order chi connectivity index (χ1) is 7.42. The molecule has 0 atom stereocenters. The molecule has 1 heterocycles. The molecule has 0 spiro atoms. The number of carbonyl (C=O) groups is 1. The fourth-order valence-corrected chi connectivity index (χ4v) is 2.42. The molecular formula is C12H18N2O. The van der Waals surface area contributed by atoms with Crippen molar-refractivity contribution in [1.29, 1.82) is 0 Å². The van der Waals surface area contributed by atoms with E-state index in [4.69, 9.17) is 0 Å². The molecule has 3 heteroatoms. The van der Waals surface area contributed by atoms with Gasteiger partial charge in [0.05, 0.1) is 12.5 Å². The Balaban J connectivity index is 2.09. The second-order valence-corrected chi connectivity index (χ2v) is 4.34. The number of hydrogen-bond donors (Lipinski definition) is 0. The van der Waals surface area contributed by atoms with Crippen LogP contribution >= 0.6 is 0 Å². The zero-order valence-corrected chi connectivity index (χ0v) is 9.06. The molecule has 1 aliphatic carbocycles. The third-order valence-electron chi connectivity index (χ3n) is 3.28. The second-order valence-electron chi connectivity index (χ2n) is 4.34.